The van der Waals surface area contributed by atoms with Gasteiger partial charge in [0.05, 0.1) is 0 Å². The van der Waals surface area contributed by atoms with Crippen molar-refractivity contribution in [2.45, 2.75) is 18.6 Å². The molecule has 1 amide bonds. The van der Waals surface area contributed by atoms with Crippen LogP contribution in [0.5, 0.6) is 0 Å². The van der Waals surface area contributed by atoms with Gasteiger partial charge in [0.2, 0.25) is 0 Å². The van der Waals surface area contributed by atoms with Crippen LogP contribution < -0.4 is 15.9 Å². The van der Waals surface area contributed by atoms with Crippen molar-refractivity contribution in [3.05, 3.63) is 127 Å². The van der Waals surface area contributed by atoms with Gasteiger partial charge in [-0.1, -0.05) is 0 Å². The molecule has 1 fully saturated rings. The summed E-state index contributed by atoms with van der Waals surface area (Å²) in [6.07, 6.45) is 0.813. The topological polar surface area (TPSA) is 20.3 Å². The molecule has 5 rings (SSSR count). The van der Waals surface area contributed by atoms with Crippen LogP contribution >= 0.6 is 20.8 Å². The molecule has 0 radical (unpaired) electrons. The minimum absolute atomic E-state index is 0.174. The van der Waals surface area contributed by atoms with E-state index in [9.17, 15) is 4.79 Å². The zero-order chi connectivity index (χ0) is 22.8. The third kappa shape index (κ3) is 3.55. The van der Waals surface area contributed by atoms with Gasteiger partial charge in [-0.25, -0.2) is 0 Å². The molecule has 166 valence electrons. The summed E-state index contributed by atoms with van der Waals surface area (Å²) in [7, 11) is 0. The van der Waals surface area contributed by atoms with Crippen LogP contribution in [0.1, 0.15) is 12.0 Å². The molecule has 4 aromatic carbocycles. The fraction of sp³-hybridized carbons (Fsp3) is 0.138. The van der Waals surface area contributed by atoms with Crippen molar-refractivity contribution in [1.29, 1.82) is 0 Å². The van der Waals surface area contributed by atoms with Crippen LogP contribution in [0.25, 0.3) is 0 Å². The Morgan fingerprint density at radius 2 is 1.06 bits per heavy atom. The molecule has 1 atom stereocenters. The Hall–Kier alpha value is -2.74. The van der Waals surface area contributed by atoms with E-state index in [2.05, 4.69) is 100 Å². The van der Waals surface area contributed by atoms with Crippen molar-refractivity contribution < 1.29 is 4.79 Å². The third-order valence-corrected chi connectivity index (χ3v) is 17.6. The Labute approximate surface area is 203 Å². The first-order valence-electron chi connectivity index (χ1n) is 11.4. The maximum absolute atomic E-state index is 14.2. The summed E-state index contributed by atoms with van der Waals surface area (Å²) in [5, 5.41) is 0.269. The van der Waals surface area contributed by atoms with Crippen molar-refractivity contribution >= 4 is 42.6 Å². The fourth-order valence-electron chi connectivity index (χ4n) is 5.28. The Balaban J connectivity index is 1.72. The number of hydrogen-bond donors (Lipinski definition) is 0. The average Bonchev–Trinajstić information content (AvgIpc) is 3.26. The van der Waals surface area contributed by atoms with Crippen LogP contribution in [0.3, 0.4) is 0 Å². The Bertz CT molecular complexity index is 1130. The van der Waals surface area contributed by atoms with E-state index >= 15 is 0 Å². The van der Waals surface area contributed by atoms with Crippen LogP contribution in [0.2, 0.25) is 0 Å². The number of benzene rings is 4. The van der Waals surface area contributed by atoms with Gasteiger partial charge in [-0.05, 0) is 0 Å². The summed E-state index contributed by atoms with van der Waals surface area (Å²) in [4.78, 5) is 16.2. The number of carbonyl (C=O) groups is 1. The molecule has 1 heterocycles. The zero-order valence-corrected chi connectivity index (χ0v) is 20.9. The molecule has 1 aliphatic rings. The third-order valence-electron chi connectivity index (χ3n) is 6.85. The van der Waals surface area contributed by atoms with Crippen LogP contribution in [0, 0.1) is 0 Å². The van der Waals surface area contributed by atoms with Gasteiger partial charge < -0.3 is 0 Å². The summed E-state index contributed by atoms with van der Waals surface area (Å²) >= 11 is 4.48. The molecule has 2 nitrogen and oxygen atoms in total. The summed E-state index contributed by atoms with van der Waals surface area (Å²) in [6, 6.07) is 42.1. The van der Waals surface area contributed by atoms with E-state index in [1.54, 1.807) is 0 Å². The molecule has 1 saturated heterocycles. The zero-order valence-electron chi connectivity index (χ0n) is 18.4. The number of nitrogens with zero attached hydrogens (tertiary/aromatic N) is 1. The number of amides is 1. The van der Waals surface area contributed by atoms with Crippen molar-refractivity contribution in [2.75, 3.05) is 6.54 Å². The van der Waals surface area contributed by atoms with Gasteiger partial charge in [-0.2, -0.15) is 0 Å². The Morgan fingerprint density at radius 1 is 0.667 bits per heavy atom. The second-order valence-electron chi connectivity index (χ2n) is 8.63. The fourth-order valence-corrected chi connectivity index (χ4v) is 14.0. The first-order valence-corrected chi connectivity index (χ1v) is 15.7. The molecular weight excluding hydrogens is 489 g/mol. The van der Waals surface area contributed by atoms with Crippen LogP contribution in [-0.4, -0.2) is 23.0 Å². The quantitative estimate of drug-likeness (QED) is 0.305. The van der Waals surface area contributed by atoms with E-state index in [0.29, 0.717) is 6.54 Å². The van der Waals surface area contributed by atoms with E-state index < -0.39 is 5.31 Å². The van der Waals surface area contributed by atoms with E-state index in [-0.39, 0.29) is 11.6 Å². The van der Waals surface area contributed by atoms with Crippen molar-refractivity contribution in [1.82, 2.24) is 4.90 Å². The van der Waals surface area contributed by atoms with Crippen LogP contribution in [0.4, 0.5) is 0 Å². The second-order valence-corrected chi connectivity index (χ2v) is 17.4. The maximum atomic E-state index is 14.2. The molecule has 4 heteroatoms. The molecule has 33 heavy (non-hydrogen) atoms. The number of carbonyl (C=O) groups excluding carboxylic acids is 1. The molecule has 0 N–H and O–H groups in total. The van der Waals surface area contributed by atoms with Crippen LogP contribution in [0.15, 0.2) is 121 Å². The summed E-state index contributed by atoms with van der Waals surface area (Å²) in [5.74, 6) is 0.227. The average molecular weight is 516 g/mol. The molecule has 0 saturated carbocycles. The van der Waals surface area contributed by atoms with Gasteiger partial charge in [0.15, 0.2) is 0 Å². The molecular formula is C29H27BrNOP. The second kappa shape index (κ2) is 8.89. The van der Waals surface area contributed by atoms with Gasteiger partial charge >= 0.3 is 204 Å². The molecule has 0 aliphatic carbocycles. The van der Waals surface area contributed by atoms with Crippen molar-refractivity contribution in [3.63, 3.8) is 0 Å². The molecule has 1 unspecified atom stereocenters. The summed E-state index contributed by atoms with van der Waals surface area (Å²) < 4.78 is 0. The summed E-state index contributed by atoms with van der Waals surface area (Å²) in [5.41, 5.74) is 0.993. The van der Waals surface area contributed by atoms with Gasteiger partial charge in [0, 0.05) is 0 Å². The number of likely N-dealkylation sites (tertiary alicyclic amines) is 1. The summed E-state index contributed by atoms with van der Waals surface area (Å²) in [6.45, 7) is 1.41. The number of rotatable bonds is 6. The van der Waals surface area contributed by atoms with Crippen LogP contribution in [-0.2, 0) is 11.3 Å². The van der Waals surface area contributed by atoms with Gasteiger partial charge in [0.25, 0.3) is 0 Å². The normalized spacial score (nSPS) is 17.5. The molecule has 0 aromatic heterocycles. The number of hydrogen-bond acceptors (Lipinski definition) is 1. The molecule has 0 spiro atoms. The molecule has 0 bridgehead atoms. The Kier molecular flexibility index (Phi) is 5.95. The SMILES string of the molecule is O=C1C(P(Br)(c2ccccc2)(c2ccccc2)c2ccccc2)CCN1Cc1ccccc1. The number of halogens is 1. The van der Waals surface area contributed by atoms with E-state index in [4.69, 9.17) is 0 Å². The molecule has 1 aliphatic heterocycles. The first kappa shape index (κ1) is 22.1. The van der Waals surface area contributed by atoms with E-state index in [0.717, 1.165) is 13.0 Å². The predicted molar refractivity (Wildman–Crippen MR) is 144 cm³/mol. The molecule has 4 aromatic rings. The van der Waals surface area contributed by atoms with Gasteiger partial charge in [-0.3, -0.25) is 0 Å². The minimum atomic E-state index is -3.32. The van der Waals surface area contributed by atoms with Crippen molar-refractivity contribution in [2.24, 2.45) is 0 Å². The van der Waals surface area contributed by atoms with Gasteiger partial charge in [-0.15, -0.1) is 0 Å². The van der Waals surface area contributed by atoms with Crippen molar-refractivity contribution in [3.8, 4) is 0 Å². The van der Waals surface area contributed by atoms with E-state index in [1.807, 2.05) is 41.3 Å². The monoisotopic (exact) mass is 515 g/mol. The first-order chi connectivity index (χ1) is 16.1. The standard InChI is InChI=1S/C29H27BrNOP/c30-33(25-15-7-2-8-16-25,26-17-9-3-10-18-26,27-19-11-4-12-20-27)28-21-22-31(29(28)32)23-24-13-5-1-6-14-24/h1-20,28H,21-23H2. The predicted octanol–water partition coefficient (Wildman–Crippen LogP) is 5.63. The van der Waals surface area contributed by atoms with E-state index in [1.165, 1.54) is 21.5 Å². The Morgan fingerprint density at radius 3 is 1.48 bits per heavy atom. The van der Waals surface area contributed by atoms with Gasteiger partial charge in [0.1, 0.15) is 0 Å².